The smallest absolute Gasteiger partial charge is 0.160 e. The average molecular weight is 442 g/mol. The van der Waals surface area contributed by atoms with Crippen molar-refractivity contribution in [2.75, 3.05) is 0 Å². The van der Waals surface area contributed by atoms with Gasteiger partial charge in [0.05, 0.1) is 8.66 Å². The molecule has 0 saturated carbocycles. The topological polar surface area (TPSA) is 17.1 Å². The Morgan fingerprint density at radius 1 is 0.840 bits per heavy atom. The van der Waals surface area contributed by atoms with Gasteiger partial charge in [-0.2, -0.15) is 0 Å². The van der Waals surface area contributed by atoms with Crippen LogP contribution in [0, 0.1) is 0 Å². The highest BCUT2D eigenvalue weighted by Crippen LogP contribution is 2.42. The number of thiophene rings is 2. The summed E-state index contributed by atoms with van der Waals surface area (Å²) in [6.45, 7) is 4.50. The van der Waals surface area contributed by atoms with E-state index in [1.165, 1.54) is 76.0 Å². The van der Waals surface area contributed by atoms with E-state index in [1.807, 2.05) is 11.3 Å². The third-order valence-corrected chi connectivity index (χ3v) is 7.48. The summed E-state index contributed by atoms with van der Waals surface area (Å²) in [6.07, 6.45) is 13.4. The van der Waals surface area contributed by atoms with Crippen LogP contribution in [0.4, 0.5) is 0 Å². The van der Waals surface area contributed by atoms with Crippen molar-refractivity contribution < 1.29 is 4.79 Å². The molecule has 0 N–H and O–H groups in total. The lowest BCUT2D eigenvalue weighted by Crippen LogP contribution is -1.89. The van der Waals surface area contributed by atoms with Crippen LogP contribution in [0.1, 0.15) is 86.0 Å². The second kappa shape index (κ2) is 11.3. The van der Waals surface area contributed by atoms with Crippen molar-refractivity contribution in [1.82, 2.24) is 0 Å². The van der Waals surface area contributed by atoms with E-state index >= 15 is 0 Å². The molecule has 4 heteroatoms. The van der Waals surface area contributed by atoms with Crippen molar-refractivity contribution in [3.8, 4) is 9.75 Å². The summed E-state index contributed by atoms with van der Waals surface area (Å²) < 4.78 is 1.20. The van der Waals surface area contributed by atoms with Crippen molar-refractivity contribution in [1.29, 1.82) is 0 Å². The van der Waals surface area contributed by atoms with E-state index in [0.29, 0.717) is 0 Å². The largest absolute Gasteiger partial charge is 0.297 e. The molecule has 0 radical (unpaired) electrons. The van der Waals surface area contributed by atoms with Gasteiger partial charge in [-0.15, -0.1) is 22.7 Å². The van der Waals surface area contributed by atoms with Crippen LogP contribution in [0.25, 0.3) is 9.75 Å². The van der Waals surface area contributed by atoms with Gasteiger partial charge in [0, 0.05) is 9.75 Å². The van der Waals surface area contributed by atoms with Crippen LogP contribution in [0.15, 0.2) is 15.9 Å². The van der Waals surface area contributed by atoms with Gasteiger partial charge < -0.3 is 0 Å². The zero-order chi connectivity index (χ0) is 18.1. The number of hydrogen-bond donors (Lipinski definition) is 0. The summed E-state index contributed by atoms with van der Waals surface area (Å²) in [4.78, 5) is 14.9. The van der Waals surface area contributed by atoms with Gasteiger partial charge in [-0.05, 0) is 64.9 Å². The number of hydrogen-bond acceptors (Lipinski definition) is 3. The second-order valence-electron chi connectivity index (χ2n) is 6.65. The predicted molar refractivity (Wildman–Crippen MR) is 116 cm³/mol. The van der Waals surface area contributed by atoms with E-state index in [2.05, 4.69) is 41.9 Å². The first kappa shape index (κ1) is 20.9. The number of carbonyl (C=O) groups is 1. The van der Waals surface area contributed by atoms with Crippen LogP contribution in [0.5, 0.6) is 0 Å². The SMILES string of the molecule is CCCCCCc1cc(Br)sc1-c1sc(C=O)cc1CCCCCC. The Morgan fingerprint density at radius 3 is 1.96 bits per heavy atom. The fourth-order valence-corrected chi connectivity index (χ4v) is 6.07. The van der Waals surface area contributed by atoms with Crippen LogP contribution in [-0.4, -0.2) is 6.29 Å². The number of carbonyl (C=O) groups excluding carboxylic acids is 1. The highest BCUT2D eigenvalue weighted by atomic mass is 79.9. The lowest BCUT2D eigenvalue weighted by atomic mass is 10.0. The molecular formula is C21H29BrOS2. The lowest BCUT2D eigenvalue weighted by molar-refractivity contribution is 0.112. The minimum atomic E-state index is 0.863. The molecule has 0 unspecified atom stereocenters. The fourth-order valence-electron chi connectivity index (χ4n) is 3.14. The van der Waals surface area contributed by atoms with E-state index in [9.17, 15) is 4.79 Å². The summed E-state index contributed by atoms with van der Waals surface area (Å²) in [5.41, 5.74) is 2.81. The molecular weight excluding hydrogens is 412 g/mol. The molecule has 0 aliphatic carbocycles. The van der Waals surface area contributed by atoms with Gasteiger partial charge in [0.1, 0.15) is 0 Å². The van der Waals surface area contributed by atoms with Gasteiger partial charge in [-0.25, -0.2) is 0 Å². The Balaban J connectivity index is 2.18. The summed E-state index contributed by atoms with van der Waals surface area (Å²) in [5, 5.41) is 0. The first-order valence-corrected chi connectivity index (χ1v) is 12.0. The van der Waals surface area contributed by atoms with E-state index in [-0.39, 0.29) is 0 Å². The van der Waals surface area contributed by atoms with Gasteiger partial charge in [0.25, 0.3) is 0 Å². The maximum absolute atomic E-state index is 11.3. The van der Waals surface area contributed by atoms with E-state index < -0.39 is 0 Å². The van der Waals surface area contributed by atoms with E-state index in [1.54, 1.807) is 11.3 Å². The second-order valence-corrected chi connectivity index (χ2v) is 10.2. The first-order valence-electron chi connectivity index (χ1n) is 9.56. The third kappa shape index (κ3) is 6.33. The normalized spacial score (nSPS) is 11.2. The van der Waals surface area contributed by atoms with Crippen LogP contribution < -0.4 is 0 Å². The molecule has 138 valence electrons. The highest BCUT2D eigenvalue weighted by molar-refractivity contribution is 9.11. The van der Waals surface area contributed by atoms with Gasteiger partial charge in [-0.1, -0.05) is 52.4 Å². The molecule has 0 atom stereocenters. The maximum atomic E-state index is 11.3. The molecule has 2 aromatic heterocycles. The monoisotopic (exact) mass is 440 g/mol. The van der Waals surface area contributed by atoms with Crippen molar-refractivity contribution in [3.05, 3.63) is 31.9 Å². The molecule has 2 heterocycles. The molecule has 0 fully saturated rings. The van der Waals surface area contributed by atoms with Crippen LogP contribution >= 0.6 is 38.6 Å². The van der Waals surface area contributed by atoms with Gasteiger partial charge >= 0.3 is 0 Å². The molecule has 2 aromatic rings. The molecule has 0 aromatic carbocycles. The minimum absolute atomic E-state index is 0.863. The van der Waals surface area contributed by atoms with Gasteiger partial charge in [0.2, 0.25) is 0 Å². The van der Waals surface area contributed by atoms with Crippen molar-refractivity contribution in [3.63, 3.8) is 0 Å². The average Bonchev–Trinajstić information content (AvgIpc) is 3.18. The quantitative estimate of drug-likeness (QED) is 0.239. The Hall–Kier alpha value is -0.450. The summed E-state index contributed by atoms with van der Waals surface area (Å²) >= 11 is 7.17. The maximum Gasteiger partial charge on any atom is 0.160 e. The van der Waals surface area contributed by atoms with Crippen LogP contribution in [-0.2, 0) is 12.8 Å². The first-order chi connectivity index (χ1) is 12.2. The number of rotatable bonds is 12. The summed E-state index contributed by atoms with van der Waals surface area (Å²) in [5.74, 6) is 0. The zero-order valence-electron chi connectivity index (χ0n) is 15.4. The Morgan fingerprint density at radius 2 is 1.40 bits per heavy atom. The van der Waals surface area contributed by atoms with Crippen LogP contribution in [0.2, 0.25) is 0 Å². The minimum Gasteiger partial charge on any atom is -0.297 e. The van der Waals surface area contributed by atoms with Crippen molar-refractivity contribution >= 4 is 44.9 Å². The molecule has 2 rings (SSSR count). The number of aryl methyl sites for hydroxylation is 2. The standard InChI is InChI=1S/C21H29BrOS2/c1-3-5-7-9-11-16-13-18(15-23)24-20(16)21-17(14-19(22)25-21)12-10-8-6-4-2/h13-15H,3-12H2,1-2H3. The molecule has 0 aliphatic rings. The van der Waals surface area contributed by atoms with Crippen LogP contribution in [0.3, 0.4) is 0 Å². The van der Waals surface area contributed by atoms with Crippen molar-refractivity contribution in [2.45, 2.75) is 78.1 Å². The molecule has 0 bridgehead atoms. The van der Waals surface area contributed by atoms with Gasteiger partial charge in [-0.3, -0.25) is 4.79 Å². The zero-order valence-corrected chi connectivity index (χ0v) is 18.6. The highest BCUT2D eigenvalue weighted by Gasteiger charge is 2.17. The van der Waals surface area contributed by atoms with Crippen molar-refractivity contribution in [2.24, 2.45) is 0 Å². The summed E-state index contributed by atoms with van der Waals surface area (Å²) in [6, 6.07) is 4.40. The molecule has 0 spiro atoms. The predicted octanol–water partition coefficient (Wildman–Crippen LogP) is 8.30. The molecule has 0 aliphatic heterocycles. The molecule has 0 saturated heterocycles. The number of halogens is 1. The van der Waals surface area contributed by atoms with E-state index in [0.717, 1.165) is 24.0 Å². The number of aldehydes is 1. The van der Waals surface area contributed by atoms with Gasteiger partial charge in [0.15, 0.2) is 6.29 Å². The summed E-state index contributed by atoms with van der Waals surface area (Å²) in [7, 11) is 0. The molecule has 0 amide bonds. The fraction of sp³-hybridized carbons (Fsp3) is 0.571. The lowest BCUT2D eigenvalue weighted by Gasteiger charge is -2.06. The molecule has 1 nitrogen and oxygen atoms in total. The number of unbranched alkanes of at least 4 members (excludes halogenated alkanes) is 6. The van der Waals surface area contributed by atoms with E-state index in [4.69, 9.17) is 0 Å². The third-order valence-electron chi connectivity index (χ3n) is 4.53. The Kier molecular flexibility index (Phi) is 9.43. The Bertz CT molecular complexity index is 657. The Labute approximate surface area is 169 Å². The molecule has 25 heavy (non-hydrogen) atoms.